The second-order valence-electron chi connectivity index (χ2n) is 4.93. The second kappa shape index (κ2) is 13.3. The Bertz CT molecular complexity index is 640. The Labute approximate surface area is 214 Å². The molecule has 1 unspecified atom stereocenters. The van der Waals surface area contributed by atoms with Gasteiger partial charge in [-0.15, -0.1) is 0 Å². The first-order valence-corrected chi connectivity index (χ1v) is 10.6. The van der Waals surface area contributed by atoms with E-state index in [1.807, 2.05) is 67.8 Å². The van der Waals surface area contributed by atoms with Crippen LogP contribution in [0.1, 0.15) is 23.7 Å². The molecule has 2 N–H and O–H groups in total. The Kier molecular flexibility index (Phi) is 13.9. The Hall–Kier alpha value is 1.07. The SMILES string of the molecule is CCC(Oc1c(I)cc(I)c(C(=O)N(CCO)CCO)c1I)C(=O)[O-].[Na+]. The third-order valence-corrected chi connectivity index (χ3v) is 5.94. The predicted molar refractivity (Wildman–Crippen MR) is 114 cm³/mol. The summed E-state index contributed by atoms with van der Waals surface area (Å²) in [5.41, 5.74) is 0.353. The molecule has 1 atom stereocenters. The summed E-state index contributed by atoms with van der Waals surface area (Å²) in [7, 11) is 0. The van der Waals surface area contributed by atoms with Crippen molar-refractivity contribution in [2.24, 2.45) is 0 Å². The second-order valence-corrected chi connectivity index (χ2v) is 8.33. The van der Waals surface area contributed by atoms with Gasteiger partial charge in [0.15, 0.2) is 0 Å². The van der Waals surface area contributed by atoms with Crippen molar-refractivity contribution in [3.8, 4) is 5.75 Å². The molecule has 1 rings (SSSR count). The molecule has 26 heavy (non-hydrogen) atoms. The van der Waals surface area contributed by atoms with Crippen molar-refractivity contribution in [2.45, 2.75) is 19.4 Å². The van der Waals surface area contributed by atoms with Gasteiger partial charge in [-0.1, -0.05) is 6.92 Å². The van der Waals surface area contributed by atoms with Crippen LogP contribution in [0.25, 0.3) is 0 Å². The molecule has 0 fully saturated rings. The number of rotatable bonds is 9. The van der Waals surface area contributed by atoms with Crippen LogP contribution in [0.2, 0.25) is 0 Å². The molecule has 0 aliphatic carbocycles. The van der Waals surface area contributed by atoms with E-state index in [-0.39, 0.29) is 68.2 Å². The number of amides is 1. The number of carboxylic acid groups (broad SMARTS) is 1. The third-order valence-electron chi connectivity index (χ3n) is 3.26. The number of hydrogen-bond acceptors (Lipinski definition) is 6. The van der Waals surface area contributed by atoms with Crippen LogP contribution in [0, 0.1) is 10.7 Å². The molecule has 0 heterocycles. The van der Waals surface area contributed by atoms with Gasteiger partial charge in [-0.3, -0.25) is 4.79 Å². The van der Waals surface area contributed by atoms with Gasteiger partial charge in [0, 0.05) is 16.7 Å². The molecular formula is C15H17I3NNaO6. The molecule has 0 saturated heterocycles. The van der Waals surface area contributed by atoms with E-state index >= 15 is 0 Å². The number of aliphatic carboxylic acids is 1. The van der Waals surface area contributed by atoms with E-state index in [1.165, 1.54) is 4.90 Å². The van der Waals surface area contributed by atoms with E-state index in [0.29, 0.717) is 22.0 Å². The molecule has 1 aromatic carbocycles. The fourth-order valence-electron chi connectivity index (χ4n) is 2.03. The first-order chi connectivity index (χ1) is 11.8. The van der Waals surface area contributed by atoms with Crippen molar-refractivity contribution in [3.63, 3.8) is 0 Å². The molecule has 140 valence electrons. The van der Waals surface area contributed by atoms with E-state index in [4.69, 9.17) is 14.9 Å². The molecule has 0 aliphatic heterocycles. The Morgan fingerprint density at radius 3 is 2.15 bits per heavy atom. The Morgan fingerprint density at radius 1 is 1.19 bits per heavy atom. The minimum atomic E-state index is -1.32. The summed E-state index contributed by atoms with van der Waals surface area (Å²) in [5.74, 6) is -1.36. The van der Waals surface area contributed by atoms with Crippen molar-refractivity contribution in [3.05, 3.63) is 22.3 Å². The summed E-state index contributed by atoms with van der Waals surface area (Å²) in [6, 6.07) is 1.73. The van der Waals surface area contributed by atoms with Crippen molar-refractivity contribution in [2.75, 3.05) is 26.3 Å². The zero-order valence-electron chi connectivity index (χ0n) is 14.3. The average Bonchev–Trinajstić information content (AvgIpc) is 2.53. The van der Waals surface area contributed by atoms with E-state index in [0.717, 1.165) is 0 Å². The van der Waals surface area contributed by atoms with Gasteiger partial charge < -0.3 is 29.8 Å². The van der Waals surface area contributed by atoms with Crippen molar-refractivity contribution < 1.29 is 59.2 Å². The predicted octanol–water partition coefficient (Wildman–Crippen LogP) is -2.16. The molecule has 0 radical (unpaired) electrons. The minimum Gasteiger partial charge on any atom is -0.546 e. The number of hydrogen-bond donors (Lipinski definition) is 2. The monoisotopic (exact) mass is 711 g/mol. The van der Waals surface area contributed by atoms with Crippen LogP contribution in [0.15, 0.2) is 6.07 Å². The summed E-state index contributed by atoms with van der Waals surface area (Å²) in [4.78, 5) is 25.3. The molecule has 0 aromatic heterocycles. The summed E-state index contributed by atoms with van der Waals surface area (Å²) in [6.45, 7) is 1.39. The fourth-order valence-corrected chi connectivity index (χ4v) is 6.12. The Morgan fingerprint density at radius 2 is 1.73 bits per heavy atom. The summed E-state index contributed by atoms with van der Waals surface area (Å²) in [6.07, 6.45) is -0.888. The quantitative estimate of drug-likeness (QED) is 0.224. The summed E-state index contributed by atoms with van der Waals surface area (Å²) in [5, 5.41) is 29.4. The smallest absolute Gasteiger partial charge is 0.546 e. The van der Waals surface area contributed by atoms with Crippen LogP contribution in [-0.2, 0) is 4.79 Å². The van der Waals surface area contributed by atoms with E-state index in [2.05, 4.69) is 0 Å². The molecule has 1 aromatic rings. The van der Waals surface area contributed by atoms with Crippen LogP contribution in [0.4, 0.5) is 0 Å². The zero-order chi connectivity index (χ0) is 19.1. The van der Waals surface area contributed by atoms with Crippen LogP contribution in [0.5, 0.6) is 5.75 Å². The average molecular weight is 711 g/mol. The number of nitrogens with zero attached hydrogens (tertiary/aromatic N) is 1. The number of carbonyl (C=O) groups is 2. The molecule has 11 heteroatoms. The molecular weight excluding hydrogens is 694 g/mol. The summed E-state index contributed by atoms with van der Waals surface area (Å²) >= 11 is 6.00. The first kappa shape index (κ1) is 27.1. The normalized spacial score (nSPS) is 11.5. The number of carbonyl (C=O) groups excluding carboxylic acids is 2. The number of ether oxygens (including phenoxy) is 1. The van der Waals surface area contributed by atoms with Gasteiger partial charge in [-0.05, 0) is 80.3 Å². The van der Waals surface area contributed by atoms with Crippen molar-refractivity contribution in [1.82, 2.24) is 4.90 Å². The summed E-state index contributed by atoms with van der Waals surface area (Å²) < 4.78 is 7.42. The topological polar surface area (TPSA) is 110 Å². The van der Waals surface area contributed by atoms with Gasteiger partial charge >= 0.3 is 29.6 Å². The molecule has 0 spiro atoms. The van der Waals surface area contributed by atoms with Gasteiger partial charge in [-0.25, -0.2) is 0 Å². The standard InChI is InChI=1S/C15H18I3NO6.Na/c1-2-10(15(23)24)25-13-9(17)7-8(16)11(12(13)18)14(22)19(3-5-20)4-6-21;/h7,10,20-21H,2-6H2,1H3,(H,23,24);/q;+1/p-1. The van der Waals surface area contributed by atoms with Gasteiger partial charge in [0.1, 0.15) is 11.9 Å². The van der Waals surface area contributed by atoms with Crippen LogP contribution in [-0.4, -0.2) is 59.4 Å². The number of aliphatic hydroxyl groups is 2. The van der Waals surface area contributed by atoms with Crippen molar-refractivity contribution in [1.29, 1.82) is 0 Å². The van der Waals surface area contributed by atoms with Crippen LogP contribution < -0.4 is 39.4 Å². The minimum absolute atomic E-state index is 0. The number of benzene rings is 1. The number of carboxylic acids is 1. The van der Waals surface area contributed by atoms with E-state index in [1.54, 1.807) is 13.0 Å². The van der Waals surface area contributed by atoms with Crippen LogP contribution in [0.3, 0.4) is 0 Å². The van der Waals surface area contributed by atoms with E-state index in [9.17, 15) is 14.7 Å². The van der Waals surface area contributed by atoms with Crippen molar-refractivity contribution >= 4 is 79.6 Å². The molecule has 7 nitrogen and oxygen atoms in total. The maximum absolute atomic E-state index is 12.8. The number of halogens is 3. The molecule has 1 amide bonds. The number of aliphatic hydroxyl groups excluding tert-OH is 2. The van der Waals surface area contributed by atoms with Crippen LogP contribution >= 0.6 is 67.8 Å². The van der Waals surface area contributed by atoms with Gasteiger partial charge in [-0.2, -0.15) is 0 Å². The molecule has 0 bridgehead atoms. The fraction of sp³-hybridized carbons (Fsp3) is 0.467. The van der Waals surface area contributed by atoms with Gasteiger partial charge in [0.05, 0.1) is 31.9 Å². The largest absolute Gasteiger partial charge is 1.00 e. The Balaban J connectivity index is 0.00000625. The van der Waals surface area contributed by atoms with Gasteiger partial charge in [0.2, 0.25) is 0 Å². The zero-order valence-corrected chi connectivity index (χ0v) is 22.8. The molecule has 0 saturated carbocycles. The van der Waals surface area contributed by atoms with Gasteiger partial charge in [0.25, 0.3) is 5.91 Å². The van der Waals surface area contributed by atoms with E-state index < -0.39 is 12.1 Å². The first-order valence-electron chi connectivity index (χ1n) is 7.34. The maximum atomic E-state index is 12.8. The third kappa shape index (κ3) is 7.15. The molecule has 0 aliphatic rings. The maximum Gasteiger partial charge on any atom is 1.00 e.